The van der Waals surface area contributed by atoms with Crippen LogP contribution in [0.3, 0.4) is 0 Å². The van der Waals surface area contributed by atoms with E-state index in [0.717, 1.165) is 18.8 Å². The minimum Gasteiger partial charge on any atom is -0.366 e. The maximum atomic E-state index is 13.8. The molecule has 30 heavy (non-hydrogen) atoms. The number of anilines is 3. The molecule has 158 valence electrons. The lowest BCUT2D eigenvalue weighted by Crippen LogP contribution is -2.37. The second kappa shape index (κ2) is 9.12. The fourth-order valence-electron chi connectivity index (χ4n) is 3.11. The molecule has 10 heteroatoms. The zero-order chi connectivity index (χ0) is 20.9. The number of nitrogens with zero attached hydrogens (tertiary/aromatic N) is 4. The quantitative estimate of drug-likeness (QED) is 0.494. The van der Waals surface area contributed by atoms with Crippen molar-refractivity contribution >= 4 is 17.5 Å². The van der Waals surface area contributed by atoms with Gasteiger partial charge in [-0.1, -0.05) is 6.42 Å². The molecule has 0 unspecified atom stereocenters. The third-order valence-corrected chi connectivity index (χ3v) is 4.98. The number of nitrogens with one attached hydrogen (secondary N) is 3. The summed E-state index contributed by atoms with van der Waals surface area (Å²) in [4.78, 5) is 8.41. The van der Waals surface area contributed by atoms with Crippen molar-refractivity contribution in [2.24, 2.45) is 0 Å². The van der Waals surface area contributed by atoms with Gasteiger partial charge in [0.05, 0.1) is 18.4 Å². The molecule has 0 amide bonds. The van der Waals surface area contributed by atoms with Crippen LogP contribution < -0.4 is 16.0 Å². The van der Waals surface area contributed by atoms with Crippen molar-refractivity contribution in [3.8, 4) is 0 Å². The topological polar surface area (TPSA) is 79.7 Å². The predicted molar refractivity (Wildman–Crippen MR) is 107 cm³/mol. The Bertz CT molecular complexity index is 981. The Balaban J connectivity index is 1.32. The van der Waals surface area contributed by atoms with E-state index in [0.29, 0.717) is 29.9 Å². The molecule has 7 nitrogen and oxygen atoms in total. The summed E-state index contributed by atoms with van der Waals surface area (Å²) in [5.74, 6) is -2.18. The zero-order valence-electron chi connectivity index (χ0n) is 16.2. The SMILES string of the molecule is Fc1cc(F)c(CNc2ccnc(Nc3cnn(CCNC4CCC4)c3)n2)c(F)c1. The van der Waals surface area contributed by atoms with Crippen LogP contribution >= 0.6 is 0 Å². The van der Waals surface area contributed by atoms with Gasteiger partial charge < -0.3 is 16.0 Å². The number of rotatable bonds is 9. The van der Waals surface area contributed by atoms with Crippen LogP contribution in [-0.2, 0) is 13.1 Å². The Morgan fingerprint density at radius 2 is 1.93 bits per heavy atom. The minimum atomic E-state index is -0.957. The summed E-state index contributed by atoms with van der Waals surface area (Å²) in [6.45, 7) is 1.44. The number of aromatic nitrogens is 4. The number of benzene rings is 1. The van der Waals surface area contributed by atoms with Gasteiger partial charge in [0.25, 0.3) is 0 Å². The smallest absolute Gasteiger partial charge is 0.229 e. The summed E-state index contributed by atoms with van der Waals surface area (Å²) in [6.07, 6.45) is 8.84. The van der Waals surface area contributed by atoms with Crippen LogP contribution in [0.4, 0.5) is 30.6 Å². The fourth-order valence-corrected chi connectivity index (χ4v) is 3.11. The Labute approximate surface area is 171 Å². The van der Waals surface area contributed by atoms with E-state index >= 15 is 0 Å². The molecule has 1 fully saturated rings. The molecule has 2 heterocycles. The molecule has 3 N–H and O–H groups in total. The first kappa shape index (κ1) is 20.1. The molecule has 0 radical (unpaired) electrons. The summed E-state index contributed by atoms with van der Waals surface area (Å²) in [7, 11) is 0. The Morgan fingerprint density at radius 3 is 2.67 bits per heavy atom. The molecule has 0 bridgehead atoms. The van der Waals surface area contributed by atoms with Gasteiger partial charge in [0, 0.05) is 49.2 Å². The average Bonchev–Trinajstić information content (AvgIpc) is 3.10. The maximum absolute atomic E-state index is 13.8. The first-order chi connectivity index (χ1) is 14.6. The van der Waals surface area contributed by atoms with E-state index in [1.165, 1.54) is 25.5 Å². The highest BCUT2D eigenvalue weighted by Crippen LogP contribution is 2.19. The van der Waals surface area contributed by atoms with Crippen molar-refractivity contribution in [1.82, 2.24) is 25.1 Å². The molecule has 0 aliphatic heterocycles. The molecular formula is C20H22F3N7. The van der Waals surface area contributed by atoms with Crippen molar-refractivity contribution in [1.29, 1.82) is 0 Å². The molecule has 4 rings (SSSR count). The first-order valence-corrected chi connectivity index (χ1v) is 9.80. The maximum Gasteiger partial charge on any atom is 0.229 e. The van der Waals surface area contributed by atoms with Gasteiger partial charge in [-0.25, -0.2) is 18.2 Å². The average molecular weight is 417 g/mol. The van der Waals surface area contributed by atoms with Crippen molar-refractivity contribution in [3.05, 3.63) is 59.8 Å². The first-order valence-electron chi connectivity index (χ1n) is 9.80. The summed E-state index contributed by atoms with van der Waals surface area (Å²) in [5.41, 5.74) is 0.465. The largest absolute Gasteiger partial charge is 0.366 e. The van der Waals surface area contributed by atoms with Crippen LogP contribution in [-0.4, -0.2) is 32.3 Å². The molecule has 0 saturated heterocycles. The molecule has 1 saturated carbocycles. The third kappa shape index (κ3) is 5.07. The number of hydrogen-bond acceptors (Lipinski definition) is 6. The monoisotopic (exact) mass is 417 g/mol. The van der Waals surface area contributed by atoms with Crippen LogP contribution in [0.25, 0.3) is 0 Å². The highest BCUT2D eigenvalue weighted by molar-refractivity contribution is 5.52. The highest BCUT2D eigenvalue weighted by atomic mass is 19.1. The van der Waals surface area contributed by atoms with E-state index in [9.17, 15) is 13.2 Å². The molecule has 3 aromatic rings. The number of hydrogen-bond donors (Lipinski definition) is 3. The van der Waals surface area contributed by atoms with Gasteiger partial charge in [0.2, 0.25) is 5.95 Å². The van der Waals surface area contributed by atoms with Crippen LogP contribution in [0.2, 0.25) is 0 Å². The summed E-state index contributed by atoms with van der Waals surface area (Å²) in [5, 5.41) is 13.7. The molecule has 1 aliphatic carbocycles. The van der Waals surface area contributed by atoms with Crippen molar-refractivity contribution < 1.29 is 13.2 Å². The normalized spacial score (nSPS) is 13.8. The van der Waals surface area contributed by atoms with Gasteiger partial charge in [-0.15, -0.1) is 0 Å². The lowest BCUT2D eigenvalue weighted by atomic mass is 9.93. The van der Waals surface area contributed by atoms with Crippen LogP contribution in [0, 0.1) is 17.5 Å². The van der Waals surface area contributed by atoms with E-state index in [-0.39, 0.29) is 12.1 Å². The second-order valence-corrected chi connectivity index (χ2v) is 7.17. The van der Waals surface area contributed by atoms with Gasteiger partial charge in [-0.05, 0) is 18.9 Å². The lowest BCUT2D eigenvalue weighted by Gasteiger charge is -2.26. The van der Waals surface area contributed by atoms with E-state index < -0.39 is 17.5 Å². The van der Waals surface area contributed by atoms with Gasteiger partial charge in [0.15, 0.2) is 0 Å². The van der Waals surface area contributed by atoms with Gasteiger partial charge in [0.1, 0.15) is 23.3 Å². The van der Waals surface area contributed by atoms with E-state index in [4.69, 9.17) is 0 Å². The fraction of sp³-hybridized carbons (Fsp3) is 0.350. The Morgan fingerprint density at radius 1 is 1.13 bits per heavy atom. The van der Waals surface area contributed by atoms with Crippen molar-refractivity contribution in [2.75, 3.05) is 17.2 Å². The standard InChI is InChI=1S/C20H22F3N7/c21-13-8-17(22)16(18(23)9-13)11-26-19-4-5-25-20(29-19)28-15-10-27-30(12-15)7-6-24-14-2-1-3-14/h4-5,8-10,12,14,24H,1-3,6-7,11H2,(H2,25,26,28,29). The van der Waals surface area contributed by atoms with Crippen molar-refractivity contribution in [2.45, 2.75) is 38.4 Å². The Kier molecular flexibility index (Phi) is 6.12. The van der Waals surface area contributed by atoms with Gasteiger partial charge in [-0.2, -0.15) is 10.1 Å². The molecular weight excluding hydrogens is 395 g/mol. The van der Waals surface area contributed by atoms with Crippen LogP contribution in [0.5, 0.6) is 0 Å². The lowest BCUT2D eigenvalue weighted by molar-refractivity contribution is 0.332. The van der Waals surface area contributed by atoms with Crippen LogP contribution in [0.1, 0.15) is 24.8 Å². The van der Waals surface area contributed by atoms with E-state index in [1.807, 2.05) is 10.9 Å². The van der Waals surface area contributed by atoms with Gasteiger partial charge >= 0.3 is 0 Å². The second-order valence-electron chi connectivity index (χ2n) is 7.17. The molecule has 1 aromatic carbocycles. The van der Waals surface area contributed by atoms with Crippen molar-refractivity contribution in [3.63, 3.8) is 0 Å². The highest BCUT2D eigenvalue weighted by Gasteiger charge is 2.16. The predicted octanol–water partition coefficient (Wildman–Crippen LogP) is 3.59. The minimum absolute atomic E-state index is 0.180. The van der Waals surface area contributed by atoms with Gasteiger partial charge in [-0.3, -0.25) is 4.68 Å². The summed E-state index contributed by atoms with van der Waals surface area (Å²) < 4.78 is 42.4. The Hall–Kier alpha value is -3.14. The zero-order valence-corrected chi connectivity index (χ0v) is 16.2. The summed E-state index contributed by atoms with van der Waals surface area (Å²) in [6, 6.07) is 3.50. The molecule has 0 atom stereocenters. The molecule has 0 spiro atoms. The number of halogens is 3. The third-order valence-electron chi connectivity index (χ3n) is 4.98. The molecule has 1 aliphatic rings. The van der Waals surface area contributed by atoms with E-state index in [1.54, 1.807) is 12.3 Å². The molecule has 2 aromatic heterocycles. The summed E-state index contributed by atoms with van der Waals surface area (Å²) >= 11 is 0. The van der Waals surface area contributed by atoms with E-state index in [2.05, 4.69) is 31.0 Å². The van der Waals surface area contributed by atoms with Crippen LogP contribution in [0.15, 0.2) is 36.8 Å².